The van der Waals surface area contributed by atoms with Gasteiger partial charge in [0, 0.05) is 6.07 Å². The molecule has 2 N–H and O–H groups in total. The van der Waals surface area contributed by atoms with E-state index >= 15 is 0 Å². The average molecular weight is 289 g/mol. The number of halogens is 1. The largest absolute Gasteiger partial charge is 0.492 e. The Kier molecular flexibility index (Phi) is 4.24. The second-order valence-electron chi connectivity index (χ2n) is 2.91. The molecule has 0 radical (unpaired) electrons. The van der Waals surface area contributed by atoms with E-state index in [0.717, 1.165) is 0 Å². The Morgan fingerprint density at radius 3 is 2.81 bits per heavy atom. The lowest BCUT2D eigenvalue weighted by molar-refractivity contribution is -0.385. The number of hydrogen-bond donors (Lipinski definition) is 1. The molecule has 0 unspecified atom stereocenters. The minimum atomic E-state index is -0.523. The number of primary amides is 1. The number of carbonyl (C=O) groups excluding carboxylic acids is 1. The first-order chi connectivity index (χ1) is 7.52. The molecular formula is C9H9BrN2O4. The second kappa shape index (κ2) is 5.45. The molecule has 0 aliphatic rings. The van der Waals surface area contributed by atoms with Gasteiger partial charge in [-0.3, -0.25) is 14.9 Å². The molecule has 0 aliphatic carbocycles. The van der Waals surface area contributed by atoms with Crippen molar-refractivity contribution in [2.24, 2.45) is 5.73 Å². The van der Waals surface area contributed by atoms with Crippen LogP contribution in [0.3, 0.4) is 0 Å². The van der Waals surface area contributed by atoms with Crippen LogP contribution in [-0.4, -0.2) is 17.4 Å². The summed E-state index contributed by atoms with van der Waals surface area (Å²) >= 11 is 3.07. The fourth-order valence-corrected chi connectivity index (χ4v) is 1.54. The van der Waals surface area contributed by atoms with Crippen LogP contribution in [0.1, 0.15) is 6.42 Å². The topological polar surface area (TPSA) is 95.5 Å². The van der Waals surface area contributed by atoms with Crippen molar-refractivity contribution >= 4 is 27.5 Å². The van der Waals surface area contributed by atoms with Gasteiger partial charge in [-0.2, -0.15) is 0 Å². The number of nitro benzene ring substituents is 1. The summed E-state index contributed by atoms with van der Waals surface area (Å²) < 4.78 is 5.44. The molecule has 0 heterocycles. The Labute approximate surface area is 99.7 Å². The highest BCUT2D eigenvalue weighted by Crippen LogP contribution is 2.33. The third-order valence-electron chi connectivity index (χ3n) is 1.75. The number of nitrogens with two attached hydrogens (primary N) is 1. The van der Waals surface area contributed by atoms with Crippen LogP contribution in [0, 0.1) is 10.1 Å². The van der Waals surface area contributed by atoms with Crippen LogP contribution in [0.4, 0.5) is 5.69 Å². The Hall–Kier alpha value is -1.63. The highest BCUT2D eigenvalue weighted by Gasteiger charge is 2.15. The van der Waals surface area contributed by atoms with Gasteiger partial charge in [0.1, 0.15) is 10.2 Å². The molecule has 0 aromatic heterocycles. The van der Waals surface area contributed by atoms with E-state index in [4.69, 9.17) is 10.5 Å². The number of rotatable bonds is 5. The number of hydrogen-bond acceptors (Lipinski definition) is 4. The number of amides is 1. The van der Waals surface area contributed by atoms with Crippen molar-refractivity contribution in [3.8, 4) is 5.75 Å². The maximum absolute atomic E-state index is 10.6. The van der Waals surface area contributed by atoms with E-state index in [9.17, 15) is 14.9 Å². The molecule has 0 bridgehead atoms. The van der Waals surface area contributed by atoms with Crippen molar-refractivity contribution in [1.82, 2.24) is 0 Å². The lowest BCUT2D eigenvalue weighted by Crippen LogP contribution is -2.14. The van der Waals surface area contributed by atoms with Crippen molar-refractivity contribution in [3.05, 3.63) is 32.8 Å². The molecule has 1 aromatic rings. The molecule has 6 nitrogen and oxygen atoms in total. The quantitative estimate of drug-likeness (QED) is 0.658. The Balaban J connectivity index is 2.77. The standard InChI is InChI=1S/C9H9BrN2O4/c10-9-6(12(14)15)2-1-3-7(9)16-5-4-8(11)13/h1-3H,4-5H2,(H2,11,13). The fraction of sp³-hybridized carbons (Fsp3) is 0.222. The Morgan fingerprint density at radius 2 is 2.25 bits per heavy atom. The highest BCUT2D eigenvalue weighted by atomic mass is 79.9. The molecule has 7 heteroatoms. The van der Waals surface area contributed by atoms with Gasteiger partial charge in [-0.15, -0.1) is 0 Å². The van der Waals surface area contributed by atoms with Crippen molar-refractivity contribution in [2.45, 2.75) is 6.42 Å². The first-order valence-electron chi connectivity index (χ1n) is 4.36. The van der Waals surface area contributed by atoms with Crippen LogP contribution in [-0.2, 0) is 4.79 Å². The minimum Gasteiger partial charge on any atom is -0.492 e. The maximum atomic E-state index is 10.6. The zero-order valence-electron chi connectivity index (χ0n) is 8.18. The summed E-state index contributed by atoms with van der Waals surface area (Å²) in [7, 11) is 0. The van der Waals surface area contributed by atoms with Gasteiger partial charge in [0.25, 0.3) is 5.69 Å². The number of nitro groups is 1. The van der Waals surface area contributed by atoms with Crippen LogP contribution < -0.4 is 10.5 Å². The zero-order chi connectivity index (χ0) is 12.1. The van der Waals surface area contributed by atoms with E-state index < -0.39 is 10.8 Å². The predicted molar refractivity (Wildman–Crippen MR) is 60.1 cm³/mol. The van der Waals surface area contributed by atoms with E-state index in [1.54, 1.807) is 6.07 Å². The summed E-state index contributed by atoms with van der Waals surface area (Å²) in [6, 6.07) is 4.42. The first kappa shape index (κ1) is 12.4. The molecule has 1 amide bonds. The average Bonchev–Trinajstić information content (AvgIpc) is 2.19. The second-order valence-corrected chi connectivity index (χ2v) is 3.70. The summed E-state index contributed by atoms with van der Waals surface area (Å²) in [5.74, 6) is -0.169. The van der Waals surface area contributed by atoms with Crippen LogP contribution in [0.5, 0.6) is 5.75 Å². The minimum absolute atomic E-state index is 0.0646. The first-order valence-corrected chi connectivity index (χ1v) is 5.15. The van der Waals surface area contributed by atoms with E-state index in [-0.39, 0.29) is 23.2 Å². The predicted octanol–water partition coefficient (Wildman–Crippen LogP) is 1.61. The molecule has 1 rings (SSSR count). The molecule has 0 aliphatic heterocycles. The molecule has 0 atom stereocenters. The fourth-order valence-electron chi connectivity index (χ4n) is 1.01. The van der Waals surface area contributed by atoms with E-state index in [0.29, 0.717) is 5.75 Å². The molecule has 0 saturated carbocycles. The van der Waals surface area contributed by atoms with Crippen LogP contribution in [0.25, 0.3) is 0 Å². The van der Waals surface area contributed by atoms with Crippen molar-refractivity contribution in [2.75, 3.05) is 6.61 Å². The van der Waals surface area contributed by atoms with Gasteiger partial charge < -0.3 is 10.5 Å². The summed E-state index contributed by atoms with van der Waals surface area (Å²) in [5.41, 5.74) is 4.85. The number of nitrogens with zero attached hydrogens (tertiary/aromatic N) is 1. The van der Waals surface area contributed by atoms with Gasteiger partial charge in [0.05, 0.1) is 18.0 Å². The van der Waals surface area contributed by atoms with Gasteiger partial charge in [-0.25, -0.2) is 0 Å². The molecular weight excluding hydrogens is 280 g/mol. The van der Waals surface area contributed by atoms with Crippen LogP contribution in [0.15, 0.2) is 22.7 Å². The molecule has 0 spiro atoms. The summed E-state index contributed by atoms with van der Waals surface area (Å²) in [6.45, 7) is 0.0924. The van der Waals surface area contributed by atoms with Crippen LogP contribution in [0.2, 0.25) is 0 Å². The van der Waals surface area contributed by atoms with E-state index in [1.165, 1.54) is 12.1 Å². The molecule has 1 aromatic carbocycles. The van der Waals surface area contributed by atoms with Gasteiger partial charge >= 0.3 is 0 Å². The lowest BCUT2D eigenvalue weighted by atomic mass is 10.3. The van der Waals surface area contributed by atoms with Crippen LogP contribution >= 0.6 is 15.9 Å². The summed E-state index contributed by atoms with van der Waals surface area (Å²) in [6.07, 6.45) is 0.0646. The van der Waals surface area contributed by atoms with Crippen molar-refractivity contribution in [1.29, 1.82) is 0 Å². The third-order valence-corrected chi connectivity index (χ3v) is 2.54. The normalized spacial score (nSPS) is 9.81. The van der Waals surface area contributed by atoms with E-state index in [1.807, 2.05) is 0 Å². The van der Waals surface area contributed by atoms with Gasteiger partial charge in [-0.1, -0.05) is 6.07 Å². The SMILES string of the molecule is NC(=O)CCOc1cccc([N+](=O)[O-])c1Br. The number of ether oxygens (including phenoxy) is 1. The van der Waals surface area contributed by atoms with E-state index in [2.05, 4.69) is 15.9 Å². The Morgan fingerprint density at radius 1 is 1.56 bits per heavy atom. The third kappa shape index (κ3) is 3.20. The van der Waals surface area contributed by atoms with Crippen molar-refractivity contribution in [3.63, 3.8) is 0 Å². The van der Waals surface area contributed by atoms with Gasteiger partial charge in [0.15, 0.2) is 0 Å². The molecule has 86 valence electrons. The molecule has 16 heavy (non-hydrogen) atoms. The number of carbonyl (C=O) groups is 1. The monoisotopic (exact) mass is 288 g/mol. The lowest BCUT2D eigenvalue weighted by Gasteiger charge is -2.06. The maximum Gasteiger partial charge on any atom is 0.287 e. The summed E-state index contributed by atoms with van der Waals surface area (Å²) in [4.78, 5) is 20.6. The van der Waals surface area contributed by atoms with Gasteiger partial charge in [-0.05, 0) is 22.0 Å². The highest BCUT2D eigenvalue weighted by molar-refractivity contribution is 9.10. The van der Waals surface area contributed by atoms with Gasteiger partial charge in [0.2, 0.25) is 5.91 Å². The zero-order valence-corrected chi connectivity index (χ0v) is 9.77. The molecule has 0 fully saturated rings. The van der Waals surface area contributed by atoms with Crippen molar-refractivity contribution < 1.29 is 14.5 Å². The smallest absolute Gasteiger partial charge is 0.287 e. The molecule has 0 saturated heterocycles. The number of benzene rings is 1. The Bertz CT molecular complexity index is 422. The summed E-state index contributed by atoms with van der Waals surface area (Å²) in [5, 5.41) is 10.6.